The molecule has 0 bridgehead atoms. The molecule has 0 saturated carbocycles. The van der Waals surface area contributed by atoms with Crippen molar-refractivity contribution in [1.82, 2.24) is 0 Å². The molecule has 0 unspecified atom stereocenters. The van der Waals surface area contributed by atoms with E-state index in [2.05, 4.69) is 47.4 Å². The molecule has 0 spiro atoms. The Kier molecular flexibility index (Phi) is 15.3. The number of nitrogens with one attached hydrogen (secondary N) is 4. The van der Waals surface area contributed by atoms with Crippen LogP contribution in [0.5, 0.6) is 11.5 Å². The normalized spacial score (nSPS) is 11.3. The molecule has 10 rings (SSSR count). The summed E-state index contributed by atoms with van der Waals surface area (Å²) < 4.78 is 0. The van der Waals surface area contributed by atoms with E-state index in [0.29, 0.717) is 44.2 Å². The monoisotopic (exact) mass is 1000 g/mol. The van der Waals surface area contributed by atoms with E-state index in [0.717, 1.165) is 71.3 Å². The zero-order valence-electron chi connectivity index (χ0n) is 42.7. The molecule has 0 aromatic heterocycles. The number of hydrogen-bond donors (Lipinski definition) is 6. The minimum atomic E-state index is -0.627. The fourth-order valence-corrected chi connectivity index (χ4v) is 10.0. The standard InChI is InChI=1S/C66H60N4O6/c1-3-5-7-15-42-25-31-50(32-26-42)67-64(73)47-30-36-55-49(38-47)40-57(66(75)69-59-24-14-20-46-18-10-12-22-53(46)59)63(72)61(55)60-54-35-29-44(41-76-70-51-33-27-43(28-34-51)16-8-6-4-2)37-48(54)39-56(62(60)71)65(74)68-58-23-13-19-45-17-9-11-21-52(45)58/h9-14,17-40,70-72H,3-8,15-16,41H2,1-2H3,(H,67,73)(H,68,74)(H,69,75). The summed E-state index contributed by atoms with van der Waals surface area (Å²) in [5.74, 6) is -2.45. The summed E-state index contributed by atoms with van der Waals surface area (Å²) in [6.45, 7) is 4.52. The molecule has 0 heterocycles. The molecular formula is C66H60N4O6. The lowest BCUT2D eigenvalue weighted by Crippen LogP contribution is -2.14. The molecule has 0 aliphatic rings. The molecule has 10 nitrogen and oxygen atoms in total. The van der Waals surface area contributed by atoms with E-state index >= 15 is 0 Å². The number of aryl methyl sites for hydroxylation is 2. The van der Waals surface area contributed by atoms with E-state index in [1.807, 2.05) is 127 Å². The number of hydrogen-bond acceptors (Lipinski definition) is 7. The van der Waals surface area contributed by atoms with Crippen LogP contribution in [0.25, 0.3) is 54.2 Å². The van der Waals surface area contributed by atoms with Crippen molar-refractivity contribution in [2.24, 2.45) is 0 Å². The van der Waals surface area contributed by atoms with Gasteiger partial charge in [-0.2, -0.15) is 0 Å². The Balaban J connectivity index is 1.08. The summed E-state index contributed by atoms with van der Waals surface area (Å²) in [5, 5.41) is 39.8. The van der Waals surface area contributed by atoms with Crippen LogP contribution in [-0.2, 0) is 24.3 Å². The van der Waals surface area contributed by atoms with Gasteiger partial charge in [-0.1, -0.05) is 155 Å². The predicted octanol–water partition coefficient (Wildman–Crippen LogP) is 16.1. The zero-order valence-corrected chi connectivity index (χ0v) is 42.7. The summed E-state index contributed by atoms with van der Waals surface area (Å²) in [4.78, 5) is 49.5. The van der Waals surface area contributed by atoms with E-state index in [-0.39, 0.29) is 34.8 Å². The molecule has 0 fully saturated rings. The second kappa shape index (κ2) is 23.1. The average Bonchev–Trinajstić information content (AvgIpc) is 3.45. The third-order valence-electron chi connectivity index (χ3n) is 14.1. The molecule has 0 radical (unpaired) electrons. The molecular weight excluding hydrogens is 945 g/mol. The first-order valence-corrected chi connectivity index (χ1v) is 26.2. The fraction of sp³-hybridized carbons (Fsp3) is 0.167. The number of carbonyl (C=O) groups excluding carboxylic acids is 3. The number of anilines is 4. The lowest BCUT2D eigenvalue weighted by Gasteiger charge is -2.20. The van der Waals surface area contributed by atoms with Crippen LogP contribution >= 0.6 is 0 Å². The predicted molar refractivity (Wildman–Crippen MR) is 310 cm³/mol. The van der Waals surface area contributed by atoms with Gasteiger partial charge < -0.3 is 26.2 Å². The smallest absolute Gasteiger partial charge is 0.259 e. The first-order valence-electron chi connectivity index (χ1n) is 26.2. The maximum Gasteiger partial charge on any atom is 0.259 e. The number of carbonyl (C=O) groups is 3. The van der Waals surface area contributed by atoms with Gasteiger partial charge in [0.15, 0.2) is 0 Å². The third-order valence-corrected chi connectivity index (χ3v) is 14.1. The van der Waals surface area contributed by atoms with Gasteiger partial charge in [-0.15, -0.1) is 0 Å². The van der Waals surface area contributed by atoms with Crippen LogP contribution in [0.4, 0.5) is 22.7 Å². The van der Waals surface area contributed by atoms with Crippen molar-refractivity contribution in [1.29, 1.82) is 0 Å². The highest BCUT2D eigenvalue weighted by molar-refractivity contribution is 6.21. The molecule has 6 N–H and O–H groups in total. The second-order valence-corrected chi connectivity index (χ2v) is 19.4. The number of benzene rings is 10. The van der Waals surface area contributed by atoms with Crippen LogP contribution in [0, 0.1) is 0 Å². The van der Waals surface area contributed by atoms with Crippen molar-refractivity contribution in [2.45, 2.75) is 71.8 Å². The van der Waals surface area contributed by atoms with E-state index in [1.54, 1.807) is 42.5 Å². The number of rotatable bonds is 19. The van der Waals surface area contributed by atoms with E-state index in [9.17, 15) is 24.6 Å². The van der Waals surface area contributed by atoms with Crippen molar-refractivity contribution in [3.05, 3.63) is 215 Å². The lowest BCUT2D eigenvalue weighted by atomic mass is 9.87. The van der Waals surface area contributed by atoms with Crippen LogP contribution in [0.15, 0.2) is 182 Å². The average molecular weight is 1010 g/mol. The van der Waals surface area contributed by atoms with Gasteiger partial charge in [0.1, 0.15) is 11.5 Å². The number of amides is 3. The molecule has 10 heteroatoms. The largest absolute Gasteiger partial charge is 0.506 e. The van der Waals surface area contributed by atoms with Crippen LogP contribution in [0.3, 0.4) is 0 Å². The van der Waals surface area contributed by atoms with Gasteiger partial charge >= 0.3 is 0 Å². The molecule has 10 aromatic carbocycles. The van der Waals surface area contributed by atoms with E-state index in [4.69, 9.17) is 4.84 Å². The number of phenols is 2. The van der Waals surface area contributed by atoms with Gasteiger partial charge in [0.05, 0.1) is 23.4 Å². The fourth-order valence-electron chi connectivity index (χ4n) is 10.0. The highest BCUT2D eigenvalue weighted by Crippen LogP contribution is 2.48. The summed E-state index contributed by atoms with van der Waals surface area (Å²) in [7, 11) is 0. The summed E-state index contributed by atoms with van der Waals surface area (Å²) in [6, 6.07) is 56.3. The molecule has 0 aliphatic heterocycles. The van der Waals surface area contributed by atoms with Gasteiger partial charge in [-0.25, -0.2) is 0 Å². The number of aromatic hydroxyl groups is 2. The van der Waals surface area contributed by atoms with Crippen molar-refractivity contribution in [3.8, 4) is 22.6 Å². The molecule has 0 saturated heterocycles. The van der Waals surface area contributed by atoms with Crippen molar-refractivity contribution in [2.75, 3.05) is 21.4 Å². The number of unbranched alkanes of at least 4 members (excludes halogenated alkanes) is 4. The summed E-state index contributed by atoms with van der Waals surface area (Å²) in [6.07, 6.45) is 8.87. The molecule has 76 heavy (non-hydrogen) atoms. The first kappa shape index (κ1) is 50.5. The minimum Gasteiger partial charge on any atom is -0.506 e. The van der Waals surface area contributed by atoms with Crippen molar-refractivity contribution < 1.29 is 29.4 Å². The topological polar surface area (TPSA) is 149 Å². The Hall–Kier alpha value is -8.99. The van der Waals surface area contributed by atoms with Gasteiger partial charge in [-0.05, 0) is 141 Å². The molecule has 0 atom stereocenters. The molecule has 0 aliphatic carbocycles. The third kappa shape index (κ3) is 11.1. The van der Waals surface area contributed by atoms with Gasteiger partial charge in [0, 0.05) is 44.5 Å². The highest BCUT2D eigenvalue weighted by atomic mass is 16.6. The zero-order chi connectivity index (χ0) is 52.5. The lowest BCUT2D eigenvalue weighted by molar-refractivity contribution is 0.101. The Bertz CT molecular complexity index is 3770. The van der Waals surface area contributed by atoms with E-state index < -0.39 is 23.3 Å². The number of fused-ring (bicyclic) bond motifs is 4. The van der Waals surface area contributed by atoms with Crippen LogP contribution in [0.2, 0.25) is 0 Å². The van der Waals surface area contributed by atoms with Crippen LogP contribution in [0.1, 0.15) is 100 Å². The van der Waals surface area contributed by atoms with Gasteiger partial charge in [0.2, 0.25) is 0 Å². The summed E-state index contributed by atoms with van der Waals surface area (Å²) in [5.41, 5.74) is 9.10. The maximum atomic E-state index is 14.7. The first-order chi connectivity index (χ1) is 37.1. The molecule has 3 amide bonds. The number of phenolic OH excluding ortho intramolecular Hbond substituents is 2. The van der Waals surface area contributed by atoms with Gasteiger partial charge in [0.25, 0.3) is 17.7 Å². The minimum absolute atomic E-state index is 0.0730. The highest BCUT2D eigenvalue weighted by Gasteiger charge is 2.28. The SMILES string of the molecule is CCCCCc1ccc(NOCc2ccc3c(-c4c(O)c(C(=O)Nc5cccc6ccccc56)cc5cc(C(=O)Nc6ccc(CCCCC)cc6)ccc45)c(O)c(C(=O)Nc4cccc5ccccc45)cc3c2)cc1. The van der Waals surface area contributed by atoms with Crippen molar-refractivity contribution >= 4 is 83.6 Å². The van der Waals surface area contributed by atoms with Crippen molar-refractivity contribution in [3.63, 3.8) is 0 Å². The quantitative estimate of drug-likeness (QED) is 0.0349. The van der Waals surface area contributed by atoms with Crippen LogP contribution in [-0.4, -0.2) is 27.9 Å². The second-order valence-electron chi connectivity index (χ2n) is 19.4. The molecule has 380 valence electrons. The van der Waals surface area contributed by atoms with Gasteiger partial charge in [-0.3, -0.25) is 24.7 Å². The maximum absolute atomic E-state index is 14.7. The van der Waals surface area contributed by atoms with Crippen LogP contribution < -0.4 is 21.4 Å². The Morgan fingerprint density at radius 3 is 1.43 bits per heavy atom. The van der Waals surface area contributed by atoms with E-state index in [1.165, 1.54) is 24.0 Å². The molecule has 10 aromatic rings. The Labute approximate surface area is 442 Å². The summed E-state index contributed by atoms with van der Waals surface area (Å²) >= 11 is 0. The Morgan fingerprint density at radius 2 is 0.895 bits per heavy atom. The Morgan fingerprint density at radius 1 is 0.421 bits per heavy atom.